The van der Waals surface area contributed by atoms with Gasteiger partial charge in [0.2, 0.25) is 0 Å². The average Bonchev–Trinajstić information content (AvgIpc) is 3.28. The van der Waals surface area contributed by atoms with Crippen LogP contribution in [0.4, 0.5) is 5.00 Å². The van der Waals surface area contributed by atoms with E-state index < -0.39 is 30.4 Å². The molecule has 11 heteroatoms. The Morgan fingerprint density at radius 1 is 0.968 bits per heavy atom. The number of rotatable bonds is 6. The van der Waals surface area contributed by atoms with E-state index in [1.807, 2.05) is 12.1 Å². The van der Waals surface area contributed by atoms with Crippen molar-refractivity contribution in [3.05, 3.63) is 50.2 Å². The van der Waals surface area contributed by atoms with Gasteiger partial charge in [0.25, 0.3) is 5.91 Å². The third kappa shape index (κ3) is 4.55. The van der Waals surface area contributed by atoms with Gasteiger partial charge in [-0.25, -0.2) is 14.4 Å². The molecular formula is C20H16ClNO7S2. The van der Waals surface area contributed by atoms with E-state index in [9.17, 15) is 19.2 Å². The monoisotopic (exact) mass is 481 g/mol. The third-order valence-corrected chi connectivity index (χ3v) is 7.06. The number of nitrogens with one attached hydrogen (secondary N) is 1. The molecule has 2 aromatic heterocycles. The van der Waals surface area contributed by atoms with E-state index in [2.05, 4.69) is 5.32 Å². The second-order valence-corrected chi connectivity index (χ2v) is 8.56. The van der Waals surface area contributed by atoms with Crippen molar-refractivity contribution < 1.29 is 33.4 Å². The van der Waals surface area contributed by atoms with Crippen molar-refractivity contribution in [2.24, 2.45) is 0 Å². The zero-order valence-corrected chi connectivity index (χ0v) is 19.0. The van der Waals surface area contributed by atoms with Gasteiger partial charge in [-0.3, -0.25) is 4.79 Å². The summed E-state index contributed by atoms with van der Waals surface area (Å²) in [5, 5.41) is 3.55. The molecule has 3 rings (SSSR count). The van der Waals surface area contributed by atoms with Crippen LogP contribution in [-0.2, 0) is 19.0 Å². The minimum Gasteiger partial charge on any atom is -0.465 e. The fraction of sp³-hybridized carbons (Fsp3) is 0.200. The van der Waals surface area contributed by atoms with Crippen molar-refractivity contribution in [3.8, 4) is 0 Å². The molecule has 1 N–H and O–H groups in total. The number of hydrogen-bond donors (Lipinski definition) is 1. The molecule has 0 aliphatic rings. The maximum absolute atomic E-state index is 12.4. The number of carbonyl (C=O) groups is 4. The fourth-order valence-corrected chi connectivity index (χ4v) is 5.27. The molecule has 0 atom stereocenters. The lowest BCUT2D eigenvalue weighted by Crippen LogP contribution is -2.21. The number of benzene rings is 1. The van der Waals surface area contributed by atoms with Gasteiger partial charge in [0.05, 0.1) is 24.8 Å². The molecule has 0 unspecified atom stereocenters. The predicted octanol–water partition coefficient (Wildman–Crippen LogP) is 4.29. The van der Waals surface area contributed by atoms with Crippen molar-refractivity contribution >= 4 is 73.2 Å². The van der Waals surface area contributed by atoms with Gasteiger partial charge in [0.1, 0.15) is 14.8 Å². The summed E-state index contributed by atoms with van der Waals surface area (Å²) in [6.45, 7) is 0.919. The Morgan fingerprint density at radius 3 is 2.29 bits per heavy atom. The molecule has 0 bridgehead atoms. The highest BCUT2D eigenvalue weighted by Gasteiger charge is 2.27. The Kier molecular flexibility index (Phi) is 6.94. The van der Waals surface area contributed by atoms with Crippen LogP contribution in [0.2, 0.25) is 5.02 Å². The highest BCUT2D eigenvalue weighted by molar-refractivity contribution is 7.21. The first-order valence-corrected chi connectivity index (χ1v) is 10.7. The zero-order chi connectivity index (χ0) is 22.7. The largest absolute Gasteiger partial charge is 0.465 e. The molecule has 3 aromatic rings. The molecule has 0 fully saturated rings. The summed E-state index contributed by atoms with van der Waals surface area (Å²) in [7, 11) is 2.38. The van der Waals surface area contributed by atoms with E-state index in [1.54, 1.807) is 12.1 Å². The molecule has 1 aromatic carbocycles. The maximum Gasteiger partial charge on any atom is 0.350 e. The predicted molar refractivity (Wildman–Crippen MR) is 117 cm³/mol. The lowest BCUT2D eigenvalue weighted by molar-refractivity contribution is -0.119. The highest BCUT2D eigenvalue weighted by Crippen LogP contribution is 2.36. The van der Waals surface area contributed by atoms with E-state index in [0.717, 1.165) is 32.8 Å². The molecular weight excluding hydrogens is 466 g/mol. The van der Waals surface area contributed by atoms with E-state index in [-0.39, 0.29) is 25.3 Å². The lowest BCUT2D eigenvalue weighted by atomic mass is 10.1. The van der Waals surface area contributed by atoms with Crippen LogP contribution < -0.4 is 5.32 Å². The van der Waals surface area contributed by atoms with Crippen LogP contribution in [0.15, 0.2) is 24.3 Å². The maximum atomic E-state index is 12.4. The van der Waals surface area contributed by atoms with Crippen LogP contribution in [0, 0.1) is 6.92 Å². The Bertz CT molecular complexity index is 1200. The Labute approximate surface area is 189 Å². The number of esters is 3. The topological polar surface area (TPSA) is 108 Å². The molecule has 162 valence electrons. The third-order valence-electron chi connectivity index (χ3n) is 4.21. The molecule has 0 radical (unpaired) electrons. The van der Waals surface area contributed by atoms with Gasteiger partial charge in [-0.2, -0.15) is 0 Å². The van der Waals surface area contributed by atoms with Gasteiger partial charge < -0.3 is 19.5 Å². The number of fused-ring (bicyclic) bond motifs is 1. The first kappa shape index (κ1) is 22.7. The fourth-order valence-electron chi connectivity index (χ4n) is 2.74. The van der Waals surface area contributed by atoms with Crippen molar-refractivity contribution in [2.75, 3.05) is 26.1 Å². The zero-order valence-electron chi connectivity index (χ0n) is 16.6. The molecule has 31 heavy (non-hydrogen) atoms. The Balaban J connectivity index is 1.74. The summed E-state index contributed by atoms with van der Waals surface area (Å²) < 4.78 is 15.3. The minimum atomic E-state index is -0.743. The SMILES string of the molecule is COC(=O)c1sc(NC(=O)COC(=O)c2sc3ccccc3c2Cl)c(C(=O)OC)c1C. The number of hydrogen-bond acceptors (Lipinski definition) is 9. The van der Waals surface area contributed by atoms with Gasteiger partial charge in [-0.05, 0) is 18.6 Å². The van der Waals surface area contributed by atoms with Crippen molar-refractivity contribution in [1.29, 1.82) is 0 Å². The summed E-state index contributed by atoms with van der Waals surface area (Å²) >= 11 is 8.27. The number of carbonyl (C=O) groups excluding carboxylic acids is 4. The normalized spacial score (nSPS) is 10.6. The molecule has 0 saturated carbocycles. The molecule has 1 amide bonds. The van der Waals surface area contributed by atoms with E-state index in [0.29, 0.717) is 5.56 Å². The minimum absolute atomic E-state index is 0.0279. The second-order valence-electron chi connectivity index (χ2n) is 6.11. The van der Waals surface area contributed by atoms with Crippen molar-refractivity contribution in [2.45, 2.75) is 6.92 Å². The van der Waals surface area contributed by atoms with E-state index in [4.69, 9.17) is 25.8 Å². The van der Waals surface area contributed by atoms with Crippen LogP contribution in [0.1, 0.15) is 35.3 Å². The van der Waals surface area contributed by atoms with Crippen LogP contribution in [0.5, 0.6) is 0 Å². The second kappa shape index (κ2) is 9.46. The Hall–Kier alpha value is -2.95. The van der Waals surface area contributed by atoms with Crippen LogP contribution in [0.25, 0.3) is 10.1 Å². The molecule has 0 saturated heterocycles. The van der Waals surface area contributed by atoms with Gasteiger partial charge in [0, 0.05) is 10.1 Å². The molecule has 0 spiro atoms. The van der Waals surface area contributed by atoms with Gasteiger partial charge in [-0.1, -0.05) is 29.8 Å². The van der Waals surface area contributed by atoms with Crippen molar-refractivity contribution in [3.63, 3.8) is 0 Å². The first-order valence-electron chi connectivity index (χ1n) is 8.72. The molecule has 0 aliphatic carbocycles. The lowest BCUT2D eigenvalue weighted by Gasteiger charge is -2.07. The van der Waals surface area contributed by atoms with E-state index in [1.165, 1.54) is 21.1 Å². The summed E-state index contributed by atoms with van der Waals surface area (Å²) in [6, 6.07) is 7.22. The number of thiophene rings is 2. The first-order chi connectivity index (χ1) is 14.8. The van der Waals surface area contributed by atoms with Gasteiger partial charge >= 0.3 is 17.9 Å². The van der Waals surface area contributed by atoms with Crippen LogP contribution in [-0.4, -0.2) is 44.6 Å². The number of anilines is 1. The standard InChI is InChI=1S/C20H16ClNO7S2/c1-9-13(18(24)27-2)17(31-15(9)19(25)28-3)22-12(23)8-29-20(26)16-14(21)10-6-4-5-7-11(10)30-16/h4-7H,8H2,1-3H3,(H,22,23). The number of ether oxygens (including phenoxy) is 3. The number of amides is 1. The summed E-state index contributed by atoms with van der Waals surface area (Å²) in [6.07, 6.45) is 0. The molecule has 0 aliphatic heterocycles. The Morgan fingerprint density at radius 2 is 1.65 bits per heavy atom. The smallest absolute Gasteiger partial charge is 0.350 e. The highest BCUT2D eigenvalue weighted by atomic mass is 35.5. The molecule has 2 heterocycles. The number of methoxy groups -OCH3 is 2. The van der Waals surface area contributed by atoms with E-state index >= 15 is 0 Å². The van der Waals surface area contributed by atoms with Crippen molar-refractivity contribution in [1.82, 2.24) is 0 Å². The summed E-state index contributed by atoms with van der Waals surface area (Å²) in [5.74, 6) is -2.83. The quantitative estimate of drug-likeness (QED) is 0.413. The summed E-state index contributed by atoms with van der Waals surface area (Å²) in [5.41, 5.74) is 0.341. The number of halogens is 1. The van der Waals surface area contributed by atoms with Crippen LogP contribution in [0.3, 0.4) is 0 Å². The summed E-state index contributed by atoms with van der Waals surface area (Å²) in [4.78, 5) is 49.1. The molecule has 8 nitrogen and oxygen atoms in total. The van der Waals surface area contributed by atoms with Crippen LogP contribution >= 0.6 is 34.3 Å². The van der Waals surface area contributed by atoms with Gasteiger partial charge in [0.15, 0.2) is 6.61 Å². The van der Waals surface area contributed by atoms with Gasteiger partial charge in [-0.15, -0.1) is 22.7 Å². The average molecular weight is 482 g/mol.